The zero-order chi connectivity index (χ0) is 21.9. The molecule has 1 fully saturated rings. The molecule has 1 amide bonds. The lowest BCUT2D eigenvalue weighted by Crippen LogP contribution is -2.22. The van der Waals surface area contributed by atoms with E-state index < -0.39 is 0 Å². The monoisotopic (exact) mass is 462 g/mol. The number of rotatable bonds is 6. The van der Waals surface area contributed by atoms with Crippen molar-refractivity contribution in [3.63, 3.8) is 0 Å². The maximum atomic E-state index is 13.0. The largest absolute Gasteiger partial charge is 0.363 e. The molecule has 1 unspecified atom stereocenters. The highest BCUT2D eigenvalue weighted by atomic mass is 35.5. The number of nitrogens with zero attached hydrogens (tertiary/aromatic N) is 3. The molecule has 4 aromatic rings. The molecule has 2 aromatic carbocycles. The van der Waals surface area contributed by atoms with Gasteiger partial charge in [-0.15, -0.1) is 11.3 Å². The fourth-order valence-electron chi connectivity index (χ4n) is 4.25. The van der Waals surface area contributed by atoms with Crippen molar-refractivity contribution in [2.45, 2.75) is 25.4 Å². The van der Waals surface area contributed by atoms with Gasteiger partial charge in [-0.3, -0.25) is 10.1 Å². The Hall–Kier alpha value is -3.09. The zero-order valence-electron chi connectivity index (χ0n) is 17.4. The second-order valence-electron chi connectivity index (χ2n) is 7.87. The van der Waals surface area contributed by atoms with Crippen LogP contribution in [0.3, 0.4) is 0 Å². The van der Waals surface area contributed by atoms with Crippen molar-refractivity contribution < 1.29 is 4.79 Å². The summed E-state index contributed by atoms with van der Waals surface area (Å²) in [5.41, 5.74) is 3.86. The van der Waals surface area contributed by atoms with Crippen molar-refractivity contribution in [3.05, 3.63) is 100 Å². The Balaban J connectivity index is 1.29. The number of hydrogen-bond donors (Lipinski definition) is 1. The molecular weight excluding hydrogens is 440 g/mol. The second kappa shape index (κ2) is 9.18. The lowest BCUT2D eigenvalue weighted by atomic mass is 10.1. The molecule has 5 nitrogen and oxygen atoms in total. The number of thiazole rings is 1. The molecule has 0 bridgehead atoms. The number of para-hydroxylation sites is 1. The summed E-state index contributed by atoms with van der Waals surface area (Å²) < 4.78 is 1.92. The van der Waals surface area contributed by atoms with Crippen LogP contribution in [-0.4, -0.2) is 22.0 Å². The van der Waals surface area contributed by atoms with Crippen molar-refractivity contribution in [1.29, 1.82) is 0 Å². The van der Waals surface area contributed by atoms with E-state index in [2.05, 4.69) is 39.9 Å². The minimum atomic E-state index is -0.163. The molecule has 1 N–H and O–H groups in total. The van der Waals surface area contributed by atoms with E-state index in [1.807, 2.05) is 53.2 Å². The third-order valence-electron chi connectivity index (χ3n) is 5.73. The molecule has 0 saturated carbocycles. The van der Waals surface area contributed by atoms with Crippen LogP contribution >= 0.6 is 22.9 Å². The van der Waals surface area contributed by atoms with Crippen molar-refractivity contribution in [2.75, 3.05) is 16.8 Å². The molecule has 3 heterocycles. The van der Waals surface area contributed by atoms with Gasteiger partial charge in [-0.25, -0.2) is 4.98 Å². The molecule has 5 rings (SSSR count). The van der Waals surface area contributed by atoms with E-state index in [0.717, 1.165) is 30.6 Å². The van der Waals surface area contributed by atoms with Gasteiger partial charge < -0.3 is 9.47 Å². The van der Waals surface area contributed by atoms with Gasteiger partial charge in [0.1, 0.15) is 5.69 Å². The first-order valence-electron chi connectivity index (χ1n) is 10.7. The third-order valence-corrected chi connectivity index (χ3v) is 6.74. The Labute approximate surface area is 196 Å². The van der Waals surface area contributed by atoms with E-state index in [9.17, 15) is 4.79 Å². The smallest absolute Gasteiger partial charge is 0.274 e. The van der Waals surface area contributed by atoms with E-state index >= 15 is 0 Å². The van der Waals surface area contributed by atoms with Gasteiger partial charge >= 0.3 is 0 Å². The van der Waals surface area contributed by atoms with E-state index in [-0.39, 0.29) is 11.9 Å². The third kappa shape index (κ3) is 4.42. The molecule has 0 aliphatic carbocycles. The second-order valence-corrected chi connectivity index (χ2v) is 9.16. The van der Waals surface area contributed by atoms with Crippen molar-refractivity contribution in [3.8, 4) is 0 Å². The summed E-state index contributed by atoms with van der Waals surface area (Å²) >= 11 is 7.58. The molecule has 32 heavy (non-hydrogen) atoms. The number of aromatic nitrogens is 2. The molecule has 1 saturated heterocycles. The van der Waals surface area contributed by atoms with Gasteiger partial charge in [0.05, 0.1) is 11.7 Å². The summed E-state index contributed by atoms with van der Waals surface area (Å²) in [5.74, 6) is -0.163. The molecule has 0 radical (unpaired) electrons. The molecule has 0 spiro atoms. The highest BCUT2D eigenvalue weighted by Crippen LogP contribution is 2.37. The maximum Gasteiger partial charge on any atom is 0.274 e. The lowest BCUT2D eigenvalue weighted by Gasteiger charge is -2.25. The molecule has 7 heteroatoms. The van der Waals surface area contributed by atoms with Gasteiger partial charge in [0.15, 0.2) is 5.13 Å². The summed E-state index contributed by atoms with van der Waals surface area (Å²) in [5, 5.41) is 6.36. The van der Waals surface area contributed by atoms with E-state index in [1.165, 1.54) is 17.0 Å². The predicted octanol–water partition coefficient (Wildman–Crippen LogP) is 6.24. The van der Waals surface area contributed by atoms with Crippen LogP contribution in [-0.2, 0) is 6.54 Å². The van der Waals surface area contributed by atoms with Crippen LogP contribution in [0.15, 0.2) is 78.3 Å². The molecule has 2 aromatic heterocycles. The molecule has 1 atom stereocenters. The molecule has 162 valence electrons. The number of nitrogens with one attached hydrogen (secondary N) is 1. The van der Waals surface area contributed by atoms with Crippen LogP contribution in [0, 0.1) is 0 Å². The van der Waals surface area contributed by atoms with Gasteiger partial charge in [0, 0.05) is 35.4 Å². The summed E-state index contributed by atoms with van der Waals surface area (Å²) in [4.78, 5) is 20.1. The first kappa shape index (κ1) is 20.8. The first-order chi connectivity index (χ1) is 15.7. The van der Waals surface area contributed by atoms with Gasteiger partial charge in [0.25, 0.3) is 5.91 Å². The van der Waals surface area contributed by atoms with E-state index in [4.69, 9.17) is 16.6 Å². The van der Waals surface area contributed by atoms with Gasteiger partial charge in [0.2, 0.25) is 0 Å². The van der Waals surface area contributed by atoms with E-state index in [1.54, 1.807) is 0 Å². The average molecular weight is 463 g/mol. The van der Waals surface area contributed by atoms with Gasteiger partial charge in [-0.1, -0.05) is 41.9 Å². The Kier molecular flexibility index (Phi) is 5.97. The Bertz CT molecular complexity index is 1220. The van der Waals surface area contributed by atoms with Crippen molar-refractivity contribution in [2.24, 2.45) is 0 Å². The number of halogens is 1. The maximum absolute atomic E-state index is 13.0. The average Bonchev–Trinajstić information content (AvgIpc) is 3.55. The summed E-state index contributed by atoms with van der Waals surface area (Å²) in [7, 11) is 0. The lowest BCUT2D eigenvalue weighted by molar-refractivity contribution is 0.101. The SMILES string of the molecule is O=C(Nc1nc(C2CCCN2c2ccccc2)cs1)c1cccn1Cc1cccc(Cl)c1. The molecule has 1 aliphatic rings. The standard InChI is InChI=1S/C25H23ClN4OS/c26-19-8-4-7-18(15-19)16-29-13-5-12-23(29)24(31)28-25-27-21(17-32-25)22-11-6-14-30(22)20-9-2-1-3-10-20/h1-5,7-10,12-13,15,17,22H,6,11,14,16H2,(H,27,28,31). The normalized spacial score (nSPS) is 15.8. The number of carbonyl (C=O) groups excluding carboxylic acids is 1. The van der Waals surface area contributed by atoms with Crippen LogP contribution in [0.25, 0.3) is 0 Å². The number of amides is 1. The number of anilines is 2. The quantitative estimate of drug-likeness (QED) is 0.369. The fraction of sp³-hybridized carbons (Fsp3) is 0.200. The molecule has 1 aliphatic heterocycles. The Morgan fingerprint density at radius 2 is 2.00 bits per heavy atom. The van der Waals surface area contributed by atoms with Crippen LogP contribution in [0.5, 0.6) is 0 Å². The first-order valence-corrected chi connectivity index (χ1v) is 11.9. The van der Waals surface area contributed by atoms with Crippen LogP contribution < -0.4 is 10.2 Å². The zero-order valence-corrected chi connectivity index (χ0v) is 19.0. The Morgan fingerprint density at radius 1 is 1.12 bits per heavy atom. The van der Waals surface area contributed by atoms with Gasteiger partial charge in [-0.2, -0.15) is 0 Å². The fourth-order valence-corrected chi connectivity index (χ4v) is 5.22. The summed E-state index contributed by atoms with van der Waals surface area (Å²) in [6, 6.07) is 22.1. The summed E-state index contributed by atoms with van der Waals surface area (Å²) in [6.07, 6.45) is 4.10. The minimum absolute atomic E-state index is 0.163. The molecular formula is C25H23ClN4OS. The topological polar surface area (TPSA) is 50.2 Å². The van der Waals surface area contributed by atoms with Crippen LogP contribution in [0.1, 0.15) is 40.6 Å². The van der Waals surface area contributed by atoms with Crippen LogP contribution in [0.4, 0.5) is 10.8 Å². The number of benzene rings is 2. The Morgan fingerprint density at radius 3 is 2.84 bits per heavy atom. The van der Waals surface area contributed by atoms with Crippen LogP contribution in [0.2, 0.25) is 5.02 Å². The van der Waals surface area contributed by atoms with Crippen molar-refractivity contribution in [1.82, 2.24) is 9.55 Å². The van der Waals surface area contributed by atoms with Gasteiger partial charge in [-0.05, 0) is 54.8 Å². The van der Waals surface area contributed by atoms with E-state index in [0.29, 0.717) is 22.4 Å². The summed E-state index contributed by atoms with van der Waals surface area (Å²) in [6.45, 7) is 1.60. The number of hydrogen-bond acceptors (Lipinski definition) is 4. The highest BCUT2D eigenvalue weighted by Gasteiger charge is 2.28. The highest BCUT2D eigenvalue weighted by molar-refractivity contribution is 7.14. The number of carbonyl (C=O) groups is 1. The minimum Gasteiger partial charge on any atom is -0.363 e. The van der Waals surface area contributed by atoms with Crippen molar-refractivity contribution >= 4 is 39.7 Å². The predicted molar refractivity (Wildman–Crippen MR) is 131 cm³/mol.